The van der Waals surface area contributed by atoms with Crippen molar-refractivity contribution in [2.45, 2.75) is 27.2 Å². The number of anilines is 1. The second-order valence-electron chi connectivity index (χ2n) is 5.36. The van der Waals surface area contributed by atoms with Gasteiger partial charge in [0.2, 0.25) is 0 Å². The zero-order valence-corrected chi connectivity index (χ0v) is 11.3. The fourth-order valence-electron chi connectivity index (χ4n) is 1.68. The first-order valence-corrected chi connectivity index (χ1v) is 6.11. The number of nitrogen functional groups attached to an aromatic ring is 1. The van der Waals surface area contributed by atoms with Gasteiger partial charge in [0.15, 0.2) is 0 Å². The molecular formula is C14H22N2O2. The molecule has 4 heteroatoms. The molecule has 0 aliphatic heterocycles. The van der Waals surface area contributed by atoms with E-state index in [0.717, 1.165) is 5.56 Å². The van der Waals surface area contributed by atoms with Gasteiger partial charge in [-0.05, 0) is 30.4 Å². The Bertz CT molecular complexity index is 428. The van der Waals surface area contributed by atoms with E-state index in [9.17, 15) is 4.79 Å². The molecule has 18 heavy (non-hydrogen) atoms. The van der Waals surface area contributed by atoms with E-state index in [1.807, 2.05) is 32.9 Å². The van der Waals surface area contributed by atoms with Crippen LogP contribution in [0.3, 0.4) is 0 Å². The van der Waals surface area contributed by atoms with Crippen LogP contribution in [0.15, 0.2) is 18.2 Å². The van der Waals surface area contributed by atoms with Gasteiger partial charge < -0.3 is 16.2 Å². The van der Waals surface area contributed by atoms with Crippen LogP contribution in [-0.4, -0.2) is 24.2 Å². The van der Waals surface area contributed by atoms with Crippen LogP contribution < -0.4 is 11.1 Å². The van der Waals surface area contributed by atoms with Crippen LogP contribution >= 0.6 is 0 Å². The summed E-state index contributed by atoms with van der Waals surface area (Å²) < 4.78 is 0. The van der Waals surface area contributed by atoms with Crippen LogP contribution in [0, 0.1) is 12.3 Å². The smallest absolute Gasteiger partial charge is 0.253 e. The molecule has 0 fully saturated rings. The molecule has 0 heterocycles. The van der Waals surface area contributed by atoms with Gasteiger partial charge in [-0.2, -0.15) is 0 Å². The first kappa shape index (κ1) is 14.5. The highest BCUT2D eigenvalue weighted by Crippen LogP contribution is 2.20. The molecule has 4 N–H and O–H groups in total. The molecule has 1 rings (SSSR count). The Balaban J connectivity index is 2.69. The zero-order chi connectivity index (χ0) is 13.8. The van der Waals surface area contributed by atoms with Crippen molar-refractivity contribution >= 4 is 11.6 Å². The standard InChI is InChI=1S/C14H22N2O2/c1-10-5-4-6-11(12(10)15)13(18)16-9-14(2,3)7-8-17/h4-6,17H,7-9,15H2,1-3H3,(H,16,18). The molecule has 0 radical (unpaired) electrons. The van der Waals surface area contributed by atoms with Gasteiger partial charge in [-0.3, -0.25) is 4.79 Å². The lowest BCUT2D eigenvalue weighted by molar-refractivity contribution is 0.0929. The predicted molar refractivity (Wildman–Crippen MR) is 73.4 cm³/mol. The largest absolute Gasteiger partial charge is 0.398 e. The van der Waals surface area contributed by atoms with E-state index >= 15 is 0 Å². The van der Waals surface area contributed by atoms with Gasteiger partial charge in [0.05, 0.1) is 5.56 Å². The third-order valence-corrected chi connectivity index (χ3v) is 3.08. The monoisotopic (exact) mass is 250 g/mol. The molecule has 0 atom stereocenters. The van der Waals surface area contributed by atoms with Gasteiger partial charge in [0.25, 0.3) is 5.91 Å². The second kappa shape index (κ2) is 5.87. The van der Waals surface area contributed by atoms with Gasteiger partial charge in [0.1, 0.15) is 0 Å². The highest BCUT2D eigenvalue weighted by molar-refractivity contribution is 5.99. The molecule has 1 amide bonds. The molecular weight excluding hydrogens is 228 g/mol. The van der Waals surface area contributed by atoms with Crippen molar-refractivity contribution < 1.29 is 9.90 Å². The molecule has 0 unspecified atom stereocenters. The van der Waals surface area contributed by atoms with Crippen LogP contribution in [0.5, 0.6) is 0 Å². The van der Waals surface area contributed by atoms with Crippen molar-refractivity contribution in [3.05, 3.63) is 29.3 Å². The van der Waals surface area contributed by atoms with E-state index in [1.54, 1.807) is 6.07 Å². The summed E-state index contributed by atoms with van der Waals surface area (Å²) >= 11 is 0. The molecule has 0 saturated heterocycles. The summed E-state index contributed by atoms with van der Waals surface area (Å²) in [5, 5.41) is 11.8. The number of carbonyl (C=O) groups excluding carboxylic acids is 1. The van der Waals surface area contributed by atoms with Gasteiger partial charge >= 0.3 is 0 Å². The van der Waals surface area contributed by atoms with Gasteiger partial charge in [0, 0.05) is 18.8 Å². The third kappa shape index (κ3) is 3.74. The summed E-state index contributed by atoms with van der Waals surface area (Å²) in [4.78, 5) is 12.0. The molecule has 1 aromatic carbocycles. The van der Waals surface area contributed by atoms with Crippen molar-refractivity contribution in [2.75, 3.05) is 18.9 Å². The number of aryl methyl sites for hydroxylation is 1. The van der Waals surface area contributed by atoms with Crippen molar-refractivity contribution in [1.29, 1.82) is 0 Å². The Labute approximate surface area is 108 Å². The molecule has 0 aliphatic rings. The van der Waals surface area contributed by atoms with E-state index < -0.39 is 0 Å². The highest BCUT2D eigenvalue weighted by atomic mass is 16.3. The highest BCUT2D eigenvalue weighted by Gasteiger charge is 2.19. The normalized spacial score (nSPS) is 11.3. The van der Waals surface area contributed by atoms with E-state index in [4.69, 9.17) is 10.8 Å². The second-order valence-corrected chi connectivity index (χ2v) is 5.36. The minimum Gasteiger partial charge on any atom is -0.398 e. The number of para-hydroxylation sites is 1. The fraction of sp³-hybridized carbons (Fsp3) is 0.500. The minimum atomic E-state index is -0.165. The van der Waals surface area contributed by atoms with Crippen LogP contribution in [0.1, 0.15) is 36.2 Å². The van der Waals surface area contributed by atoms with E-state index in [2.05, 4.69) is 5.32 Å². The molecule has 4 nitrogen and oxygen atoms in total. The topological polar surface area (TPSA) is 75.3 Å². The molecule has 1 aromatic rings. The minimum absolute atomic E-state index is 0.120. The van der Waals surface area contributed by atoms with E-state index in [-0.39, 0.29) is 17.9 Å². The summed E-state index contributed by atoms with van der Waals surface area (Å²) in [6.45, 7) is 6.52. The number of aliphatic hydroxyl groups is 1. The van der Waals surface area contributed by atoms with Crippen LogP contribution in [0.4, 0.5) is 5.69 Å². The third-order valence-electron chi connectivity index (χ3n) is 3.08. The van der Waals surface area contributed by atoms with E-state index in [0.29, 0.717) is 24.2 Å². The quantitative estimate of drug-likeness (QED) is 0.696. The zero-order valence-electron chi connectivity index (χ0n) is 11.3. The number of amides is 1. The summed E-state index contributed by atoms with van der Waals surface area (Å²) in [5.74, 6) is -0.165. The number of hydrogen-bond donors (Lipinski definition) is 3. The molecule has 0 aromatic heterocycles. The SMILES string of the molecule is Cc1cccc(C(=O)NCC(C)(C)CCO)c1N. The van der Waals surface area contributed by atoms with Crippen molar-refractivity contribution in [2.24, 2.45) is 5.41 Å². The van der Waals surface area contributed by atoms with Crippen molar-refractivity contribution in [1.82, 2.24) is 5.32 Å². The Morgan fingerprint density at radius 1 is 1.44 bits per heavy atom. The van der Waals surface area contributed by atoms with E-state index in [1.165, 1.54) is 0 Å². The number of rotatable bonds is 5. The summed E-state index contributed by atoms with van der Waals surface area (Å²) in [7, 11) is 0. The summed E-state index contributed by atoms with van der Waals surface area (Å²) in [6, 6.07) is 5.41. The molecule has 0 bridgehead atoms. The lowest BCUT2D eigenvalue weighted by Gasteiger charge is -2.24. The lowest BCUT2D eigenvalue weighted by atomic mass is 9.89. The average Bonchev–Trinajstić information content (AvgIpc) is 2.30. The number of benzene rings is 1. The molecule has 0 saturated carbocycles. The van der Waals surface area contributed by atoms with Gasteiger partial charge in [-0.15, -0.1) is 0 Å². The van der Waals surface area contributed by atoms with Crippen molar-refractivity contribution in [3.63, 3.8) is 0 Å². The fourth-order valence-corrected chi connectivity index (χ4v) is 1.68. The van der Waals surface area contributed by atoms with Crippen LogP contribution in [-0.2, 0) is 0 Å². The van der Waals surface area contributed by atoms with Gasteiger partial charge in [-0.1, -0.05) is 26.0 Å². The Hall–Kier alpha value is -1.55. The first-order valence-electron chi connectivity index (χ1n) is 6.11. The number of hydrogen-bond acceptors (Lipinski definition) is 3. The number of nitrogens with two attached hydrogens (primary N) is 1. The lowest BCUT2D eigenvalue weighted by Crippen LogP contribution is -2.34. The summed E-state index contributed by atoms with van der Waals surface area (Å²) in [5.41, 5.74) is 7.69. The Morgan fingerprint density at radius 3 is 2.72 bits per heavy atom. The first-order chi connectivity index (χ1) is 8.37. The Morgan fingerprint density at radius 2 is 2.11 bits per heavy atom. The maximum atomic E-state index is 12.0. The van der Waals surface area contributed by atoms with Crippen LogP contribution in [0.2, 0.25) is 0 Å². The number of carbonyl (C=O) groups is 1. The van der Waals surface area contributed by atoms with Gasteiger partial charge in [-0.25, -0.2) is 0 Å². The number of nitrogens with one attached hydrogen (secondary N) is 1. The summed E-state index contributed by atoms with van der Waals surface area (Å²) in [6.07, 6.45) is 0.649. The van der Waals surface area contributed by atoms with Crippen LogP contribution in [0.25, 0.3) is 0 Å². The van der Waals surface area contributed by atoms with Crippen molar-refractivity contribution in [3.8, 4) is 0 Å². The number of aliphatic hydroxyl groups excluding tert-OH is 1. The molecule has 0 aliphatic carbocycles. The predicted octanol–water partition coefficient (Wildman–Crippen LogP) is 1.72. The maximum absolute atomic E-state index is 12.0. The molecule has 100 valence electrons. The average molecular weight is 250 g/mol. The maximum Gasteiger partial charge on any atom is 0.253 e. The molecule has 0 spiro atoms. The Kier molecular flexibility index (Phi) is 4.73.